The van der Waals surface area contributed by atoms with Crippen LogP contribution in [0.5, 0.6) is 0 Å². The molecule has 0 saturated heterocycles. The topological polar surface area (TPSA) is 63.2 Å². The number of rotatable bonds is 5. The zero-order valence-electron chi connectivity index (χ0n) is 11.2. The molecular formula is C13H23NO3S. The molecule has 0 heterocycles. The summed E-state index contributed by atoms with van der Waals surface area (Å²) in [4.78, 5) is 12.0. The van der Waals surface area contributed by atoms with Crippen molar-refractivity contribution in [2.45, 2.75) is 50.8 Å². The zero-order chi connectivity index (χ0) is 13.8. The molecule has 3 unspecified atom stereocenters. The smallest absolute Gasteiger partial charge is 0.238 e. The zero-order valence-corrected chi connectivity index (χ0v) is 12.0. The molecule has 1 aliphatic carbocycles. The number of hydrogen-bond acceptors (Lipinski definition) is 3. The second-order valence-electron chi connectivity index (χ2n) is 5.14. The summed E-state index contributed by atoms with van der Waals surface area (Å²) in [7, 11) is -3.41. The lowest BCUT2D eigenvalue weighted by Crippen LogP contribution is -2.47. The van der Waals surface area contributed by atoms with Crippen molar-refractivity contribution in [2.75, 3.05) is 5.75 Å². The summed E-state index contributed by atoms with van der Waals surface area (Å²) in [6.45, 7) is 6.95. The first kappa shape index (κ1) is 15.2. The molecule has 1 amide bonds. The normalized spacial score (nSPS) is 26.3. The van der Waals surface area contributed by atoms with Crippen molar-refractivity contribution in [1.82, 2.24) is 5.32 Å². The summed E-state index contributed by atoms with van der Waals surface area (Å²) >= 11 is 0. The Labute approximate surface area is 110 Å². The average Bonchev–Trinajstić information content (AvgIpc) is 2.31. The molecule has 1 aliphatic rings. The van der Waals surface area contributed by atoms with Crippen LogP contribution in [0.15, 0.2) is 12.7 Å². The predicted molar refractivity (Wildman–Crippen MR) is 73.0 cm³/mol. The van der Waals surface area contributed by atoms with Gasteiger partial charge in [0, 0.05) is 6.04 Å². The fourth-order valence-corrected chi connectivity index (χ4v) is 3.31. The van der Waals surface area contributed by atoms with Crippen molar-refractivity contribution in [3.8, 4) is 0 Å². The number of sulfone groups is 1. The minimum absolute atomic E-state index is 0.118. The number of carbonyl (C=O) groups excluding carboxylic acids is 1. The van der Waals surface area contributed by atoms with Crippen LogP contribution in [0.2, 0.25) is 0 Å². The Morgan fingerprint density at radius 1 is 1.44 bits per heavy atom. The van der Waals surface area contributed by atoms with Crippen LogP contribution in [0.3, 0.4) is 0 Å². The van der Waals surface area contributed by atoms with Gasteiger partial charge in [-0.2, -0.15) is 0 Å². The van der Waals surface area contributed by atoms with Crippen LogP contribution in [-0.2, 0) is 14.6 Å². The largest absolute Gasteiger partial charge is 0.352 e. The van der Waals surface area contributed by atoms with Gasteiger partial charge in [-0.3, -0.25) is 4.79 Å². The van der Waals surface area contributed by atoms with Crippen molar-refractivity contribution in [1.29, 1.82) is 0 Å². The van der Waals surface area contributed by atoms with Crippen molar-refractivity contribution >= 4 is 15.7 Å². The maximum Gasteiger partial charge on any atom is 0.238 e. The van der Waals surface area contributed by atoms with Crippen LogP contribution >= 0.6 is 0 Å². The number of nitrogens with one attached hydrogen (secondary N) is 1. The lowest BCUT2D eigenvalue weighted by atomic mass is 9.86. The number of carbonyl (C=O) groups is 1. The van der Waals surface area contributed by atoms with Gasteiger partial charge >= 0.3 is 0 Å². The van der Waals surface area contributed by atoms with E-state index in [0.717, 1.165) is 19.3 Å². The van der Waals surface area contributed by atoms with E-state index in [0.29, 0.717) is 5.92 Å². The van der Waals surface area contributed by atoms with E-state index in [1.165, 1.54) is 19.4 Å². The summed E-state index contributed by atoms with van der Waals surface area (Å²) in [6.07, 6.45) is 5.66. The van der Waals surface area contributed by atoms with Crippen LogP contribution in [0, 0.1) is 5.92 Å². The minimum atomic E-state index is -3.41. The SMILES string of the molecule is C=CCS(=O)(=O)C(C)C(=O)NC1CCCCC1C. The van der Waals surface area contributed by atoms with E-state index in [1.807, 2.05) is 0 Å². The molecule has 0 aromatic rings. The average molecular weight is 273 g/mol. The summed E-state index contributed by atoms with van der Waals surface area (Å²) < 4.78 is 23.5. The van der Waals surface area contributed by atoms with E-state index < -0.39 is 15.1 Å². The highest BCUT2D eigenvalue weighted by atomic mass is 32.2. The maximum atomic E-state index is 12.0. The van der Waals surface area contributed by atoms with E-state index in [1.54, 1.807) is 0 Å². The van der Waals surface area contributed by atoms with Gasteiger partial charge in [0.15, 0.2) is 9.84 Å². The Morgan fingerprint density at radius 3 is 2.61 bits per heavy atom. The molecule has 0 aromatic heterocycles. The molecule has 0 bridgehead atoms. The van der Waals surface area contributed by atoms with Gasteiger partial charge in [-0.05, 0) is 25.7 Å². The standard InChI is InChI=1S/C13H23NO3S/c1-4-9-18(16,17)11(3)13(15)14-12-8-6-5-7-10(12)2/h4,10-12H,1,5-9H2,2-3H3,(H,14,15). The molecule has 1 rings (SSSR count). The molecule has 0 aromatic carbocycles. The molecule has 3 atom stereocenters. The van der Waals surface area contributed by atoms with Crippen LogP contribution in [0.4, 0.5) is 0 Å². The summed E-state index contributed by atoms with van der Waals surface area (Å²) in [6, 6.07) is 0.118. The van der Waals surface area contributed by atoms with E-state index >= 15 is 0 Å². The lowest BCUT2D eigenvalue weighted by molar-refractivity contribution is -0.121. The van der Waals surface area contributed by atoms with Gasteiger partial charge in [0.1, 0.15) is 5.25 Å². The highest BCUT2D eigenvalue weighted by Crippen LogP contribution is 2.23. The van der Waals surface area contributed by atoms with E-state index in [9.17, 15) is 13.2 Å². The van der Waals surface area contributed by atoms with E-state index in [4.69, 9.17) is 0 Å². The molecule has 0 radical (unpaired) electrons. The molecule has 0 spiro atoms. The molecule has 5 heteroatoms. The van der Waals surface area contributed by atoms with Crippen molar-refractivity contribution in [3.63, 3.8) is 0 Å². The van der Waals surface area contributed by atoms with Gasteiger partial charge in [-0.1, -0.05) is 25.8 Å². The molecule has 1 fully saturated rings. The fraction of sp³-hybridized carbons (Fsp3) is 0.769. The van der Waals surface area contributed by atoms with Crippen LogP contribution in [0.1, 0.15) is 39.5 Å². The Balaban J connectivity index is 2.62. The Kier molecular flexibility index (Phi) is 5.38. The highest BCUT2D eigenvalue weighted by Gasteiger charge is 2.30. The quantitative estimate of drug-likeness (QED) is 0.775. The number of hydrogen-bond donors (Lipinski definition) is 1. The molecule has 104 valence electrons. The Hall–Kier alpha value is -0.840. The van der Waals surface area contributed by atoms with Crippen LogP contribution < -0.4 is 5.32 Å². The summed E-state index contributed by atoms with van der Waals surface area (Å²) in [5.74, 6) is -0.102. The third-order valence-electron chi connectivity index (χ3n) is 3.70. The summed E-state index contributed by atoms with van der Waals surface area (Å²) in [5.41, 5.74) is 0. The molecule has 1 N–H and O–H groups in total. The monoisotopic (exact) mass is 273 g/mol. The second-order valence-corrected chi connectivity index (χ2v) is 7.50. The molecule has 1 saturated carbocycles. The predicted octanol–water partition coefficient (Wildman–Crippen LogP) is 1.67. The van der Waals surface area contributed by atoms with Crippen molar-refractivity contribution < 1.29 is 13.2 Å². The molecule has 0 aliphatic heterocycles. The fourth-order valence-electron chi connectivity index (χ4n) is 2.30. The minimum Gasteiger partial charge on any atom is -0.352 e. The van der Waals surface area contributed by atoms with Crippen molar-refractivity contribution in [2.24, 2.45) is 5.92 Å². The van der Waals surface area contributed by atoms with Gasteiger partial charge < -0.3 is 5.32 Å². The van der Waals surface area contributed by atoms with Gasteiger partial charge in [0.2, 0.25) is 5.91 Å². The van der Waals surface area contributed by atoms with Gasteiger partial charge in [-0.15, -0.1) is 6.58 Å². The van der Waals surface area contributed by atoms with E-state index in [-0.39, 0.29) is 17.7 Å². The van der Waals surface area contributed by atoms with Gasteiger partial charge in [0.05, 0.1) is 5.75 Å². The number of amides is 1. The lowest BCUT2D eigenvalue weighted by Gasteiger charge is -2.30. The van der Waals surface area contributed by atoms with Crippen molar-refractivity contribution in [3.05, 3.63) is 12.7 Å². The maximum absolute atomic E-state index is 12.0. The molecule has 18 heavy (non-hydrogen) atoms. The van der Waals surface area contributed by atoms with Gasteiger partial charge in [0.25, 0.3) is 0 Å². The van der Waals surface area contributed by atoms with Crippen LogP contribution in [0.25, 0.3) is 0 Å². The Bertz CT molecular complexity index is 402. The summed E-state index contributed by atoms with van der Waals surface area (Å²) in [5, 5.41) is 1.88. The van der Waals surface area contributed by atoms with Gasteiger partial charge in [-0.25, -0.2) is 8.42 Å². The first-order valence-corrected chi connectivity index (χ1v) is 8.23. The first-order valence-electron chi connectivity index (χ1n) is 6.51. The van der Waals surface area contributed by atoms with Crippen LogP contribution in [-0.4, -0.2) is 31.4 Å². The van der Waals surface area contributed by atoms with E-state index in [2.05, 4.69) is 18.8 Å². The molecular weight excluding hydrogens is 250 g/mol. The second kappa shape index (κ2) is 6.36. The third-order valence-corrected chi connectivity index (χ3v) is 5.69. The highest BCUT2D eigenvalue weighted by molar-refractivity contribution is 7.92. The third kappa shape index (κ3) is 3.83. The Morgan fingerprint density at radius 2 is 2.06 bits per heavy atom. The molecule has 4 nitrogen and oxygen atoms in total. The first-order chi connectivity index (χ1) is 8.38.